The van der Waals surface area contributed by atoms with Crippen LogP contribution in [-0.2, 0) is 0 Å². The van der Waals surface area contributed by atoms with Gasteiger partial charge in [0.25, 0.3) is 0 Å². The molecule has 0 aromatic rings. The van der Waals surface area contributed by atoms with Crippen molar-refractivity contribution in [3.05, 3.63) is 0 Å². The van der Waals surface area contributed by atoms with Crippen molar-refractivity contribution in [2.45, 2.75) is 18.1 Å². The van der Waals surface area contributed by atoms with Crippen LogP contribution in [-0.4, -0.2) is 73.1 Å². The summed E-state index contributed by atoms with van der Waals surface area (Å²) in [6.45, 7) is 5.63. The summed E-state index contributed by atoms with van der Waals surface area (Å²) in [7, 11) is 1.86. The molecule has 2 fully saturated rings. The number of thioether (sulfide) groups is 2. The van der Waals surface area contributed by atoms with Gasteiger partial charge in [0.1, 0.15) is 0 Å². The first kappa shape index (κ1) is 15.3. The molecule has 0 aromatic heterocycles. The van der Waals surface area contributed by atoms with Crippen LogP contribution in [0.2, 0.25) is 0 Å². The van der Waals surface area contributed by atoms with E-state index >= 15 is 0 Å². The molecule has 2 aliphatic rings. The van der Waals surface area contributed by atoms with E-state index in [1.165, 1.54) is 43.2 Å². The zero-order chi connectivity index (χ0) is 13.3. The predicted octanol–water partition coefficient (Wildman–Crippen LogP) is 1.10. The Bertz CT molecular complexity index is 274. The molecule has 2 heterocycles. The Kier molecular flexibility index (Phi) is 7.24. The monoisotopic (exact) mass is 302 g/mol. The molecule has 2 saturated heterocycles. The van der Waals surface area contributed by atoms with Gasteiger partial charge in [-0.3, -0.25) is 9.89 Å². The van der Waals surface area contributed by atoms with E-state index in [1.54, 1.807) is 0 Å². The summed E-state index contributed by atoms with van der Waals surface area (Å²) in [5.74, 6) is 4.85. The zero-order valence-electron chi connectivity index (χ0n) is 11.9. The van der Waals surface area contributed by atoms with Gasteiger partial charge in [0.15, 0.2) is 5.96 Å². The molecule has 2 aliphatic heterocycles. The molecule has 2 rings (SSSR count). The van der Waals surface area contributed by atoms with Crippen LogP contribution in [0.15, 0.2) is 4.99 Å². The highest BCUT2D eigenvalue weighted by atomic mass is 32.2. The largest absolute Gasteiger partial charge is 0.355 e. The fourth-order valence-electron chi connectivity index (χ4n) is 2.39. The third kappa shape index (κ3) is 5.83. The molecule has 0 amide bonds. The van der Waals surface area contributed by atoms with Crippen LogP contribution in [0.4, 0.5) is 0 Å². The fourth-order valence-corrected chi connectivity index (χ4v) is 4.57. The van der Waals surface area contributed by atoms with Gasteiger partial charge in [-0.2, -0.15) is 23.5 Å². The quantitative estimate of drug-likeness (QED) is 0.588. The third-order valence-electron chi connectivity index (χ3n) is 3.57. The summed E-state index contributed by atoms with van der Waals surface area (Å²) in [4.78, 5) is 6.83. The Morgan fingerprint density at radius 1 is 1.26 bits per heavy atom. The number of guanidine groups is 1. The van der Waals surface area contributed by atoms with E-state index < -0.39 is 0 Å². The zero-order valence-corrected chi connectivity index (χ0v) is 13.5. The Morgan fingerprint density at radius 2 is 2.11 bits per heavy atom. The maximum Gasteiger partial charge on any atom is 0.191 e. The van der Waals surface area contributed by atoms with Gasteiger partial charge in [-0.15, -0.1) is 0 Å². The lowest BCUT2D eigenvalue weighted by atomic mass is 10.2. The predicted molar refractivity (Wildman–Crippen MR) is 88.6 cm³/mol. The molecule has 110 valence electrons. The normalized spacial score (nSPS) is 25.5. The van der Waals surface area contributed by atoms with E-state index in [2.05, 4.69) is 44.0 Å². The molecule has 0 aromatic carbocycles. The van der Waals surface area contributed by atoms with Crippen molar-refractivity contribution in [3.8, 4) is 0 Å². The van der Waals surface area contributed by atoms with Crippen LogP contribution >= 0.6 is 23.5 Å². The number of hydrogen-bond donors (Lipinski definition) is 2. The first-order valence-electron chi connectivity index (χ1n) is 7.24. The molecule has 0 bridgehead atoms. The van der Waals surface area contributed by atoms with Gasteiger partial charge in [-0.25, -0.2) is 0 Å². The molecule has 1 unspecified atom stereocenters. The lowest BCUT2D eigenvalue weighted by Gasteiger charge is -2.26. The van der Waals surface area contributed by atoms with E-state index in [0.29, 0.717) is 0 Å². The SMILES string of the molecule is CN=C(NCCN1CCSCC1)NCC1CCCS1. The maximum atomic E-state index is 4.29. The van der Waals surface area contributed by atoms with Gasteiger partial charge in [-0.05, 0) is 18.6 Å². The highest BCUT2D eigenvalue weighted by Gasteiger charge is 2.15. The first-order chi connectivity index (χ1) is 9.38. The van der Waals surface area contributed by atoms with Crippen LogP contribution in [0.3, 0.4) is 0 Å². The van der Waals surface area contributed by atoms with Crippen LogP contribution in [0.1, 0.15) is 12.8 Å². The molecule has 6 heteroatoms. The molecule has 0 spiro atoms. The van der Waals surface area contributed by atoms with Crippen molar-refractivity contribution in [1.29, 1.82) is 0 Å². The topological polar surface area (TPSA) is 39.7 Å². The van der Waals surface area contributed by atoms with Crippen molar-refractivity contribution in [3.63, 3.8) is 0 Å². The number of nitrogens with zero attached hydrogens (tertiary/aromatic N) is 2. The molecule has 4 nitrogen and oxygen atoms in total. The summed E-state index contributed by atoms with van der Waals surface area (Å²) in [5.41, 5.74) is 0. The van der Waals surface area contributed by atoms with Gasteiger partial charge in [0, 0.05) is 56.5 Å². The lowest BCUT2D eigenvalue weighted by molar-refractivity contribution is 0.307. The van der Waals surface area contributed by atoms with Crippen LogP contribution < -0.4 is 10.6 Å². The summed E-state index contributed by atoms with van der Waals surface area (Å²) >= 11 is 4.15. The highest BCUT2D eigenvalue weighted by molar-refractivity contribution is 8.00. The average molecular weight is 303 g/mol. The second-order valence-electron chi connectivity index (χ2n) is 4.97. The van der Waals surface area contributed by atoms with E-state index in [1.807, 2.05) is 7.05 Å². The van der Waals surface area contributed by atoms with Gasteiger partial charge >= 0.3 is 0 Å². The van der Waals surface area contributed by atoms with Crippen molar-refractivity contribution in [2.75, 3.05) is 57.0 Å². The number of rotatable bonds is 5. The highest BCUT2D eigenvalue weighted by Crippen LogP contribution is 2.25. The molecule has 0 aliphatic carbocycles. The van der Waals surface area contributed by atoms with Crippen molar-refractivity contribution in [1.82, 2.24) is 15.5 Å². The Hall–Kier alpha value is -0.0700. The molecule has 19 heavy (non-hydrogen) atoms. The van der Waals surface area contributed by atoms with Crippen LogP contribution in [0.25, 0.3) is 0 Å². The third-order valence-corrected chi connectivity index (χ3v) is 5.91. The van der Waals surface area contributed by atoms with Crippen molar-refractivity contribution >= 4 is 29.5 Å². The van der Waals surface area contributed by atoms with Crippen molar-refractivity contribution < 1.29 is 0 Å². The number of aliphatic imine (C=N–C) groups is 1. The summed E-state index contributed by atoms with van der Waals surface area (Å²) in [6, 6.07) is 0. The minimum absolute atomic E-state index is 0.776. The smallest absolute Gasteiger partial charge is 0.191 e. The molecule has 1 atom stereocenters. The summed E-state index contributed by atoms with van der Waals surface area (Å²) in [5, 5.41) is 7.64. The minimum atomic E-state index is 0.776. The number of nitrogens with one attached hydrogen (secondary N) is 2. The molecule has 2 N–H and O–H groups in total. The molecule has 0 radical (unpaired) electrons. The van der Waals surface area contributed by atoms with Gasteiger partial charge in [0.05, 0.1) is 0 Å². The average Bonchev–Trinajstić information content (AvgIpc) is 2.97. The fraction of sp³-hybridized carbons (Fsp3) is 0.923. The van der Waals surface area contributed by atoms with E-state index in [0.717, 1.165) is 30.8 Å². The lowest BCUT2D eigenvalue weighted by Crippen LogP contribution is -2.44. The van der Waals surface area contributed by atoms with Gasteiger partial charge in [0.2, 0.25) is 0 Å². The van der Waals surface area contributed by atoms with Crippen molar-refractivity contribution in [2.24, 2.45) is 4.99 Å². The molecular weight excluding hydrogens is 276 g/mol. The Labute approximate surface area is 125 Å². The molecule has 0 saturated carbocycles. The Balaban J connectivity index is 1.56. The summed E-state index contributed by atoms with van der Waals surface area (Å²) < 4.78 is 0. The number of hydrogen-bond acceptors (Lipinski definition) is 4. The Morgan fingerprint density at radius 3 is 2.79 bits per heavy atom. The van der Waals surface area contributed by atoms with E-state index in [4.69, 9.17) is 0 Å². The maximum absolute atomic E-state index is 4.29. The second kappa shape index (κ2) is 8.97. The minimum Gasteiger partial charge on any atom is -0.355 e. The summed E-state index contributed by atoms with van der Waals surface area (Å²) in [6.07, 6.45) is 2.72. The van der Waals surface area contributed by atoms with E-state index in [9.17, 15) is 0 Å². The first-order valence-corrected chi connectivity index (χ1v) is 9.45. The van der Waals surface area contributed by atoms with Gasteiger partial charge < -0.3 is 10.6 Å². The van der Waals surface area contributed by atoms with Crippen LogP contribution in [0.5, 0.6) is 0 Å². The standard InChI is InChI=1S/C13H26N4S2/c1-14-13(16-11-12-3-2-8-19-12)15-4-5-17-6-9-18-10-7-17/h12H,2-11H2,1H3,(H2,14,15,16). The van der Waals surface area contributed by atoms with E-state index in [-0.39, 0.29) is 0 Å². The second-order valence-corrected chi connectivity index (χ2v) is 7.60. The van der Waals surface area contributed by atoms with Crippen LogP contribution in [0, 0.1) is 0 Å². The van der Waals surface area contributed by atoms with Gasteiger partial charge in [-0.1, -0.05) is 0 Å². The molecular formula is C13H26N4S2.